The van der Waals surface area contributed by atoms with Crippen molar-refractivity contribution in [2.75, 3.05) is 31.9 Å². The number of carbonyl (C=O) groups is 6. The Morgan fingerprint density at radius 2 is 1.46 bits per heavy atom. The lowest BCUT2D eigenvalue weighted by molar-refractivity contribution is -0.164. The normalized spacial score (nSPS) is 13.8. The average Bonchev–Trinajstić information content (AvgIpc) is 3.56. The lowest BCUT2D eigenvalue weighted by Gasteiger charge is -2.31. The maximum absolute atomic E-state index is 14.2. The third-order valence-corrected chi connectivity index (χ3v) is 9.99. The van der Waals surface area contributed by atoms with Gasteiger partial charge in [0.2, 0.25) is 11.8 Å². The number of nitrogens with zero attached hydrogens (tertiary/aromatic N) is 1. The Kier molecular flexibility index (Phi) is 16.8. The van der Waals surface area contributed by atoms with E-state index in [9.17, 15) is 28.8 Å². The second kappa shape index (κ2) is 20.7. The van der Waals surface area contributed by atoms with E-state index in [2.05, 4.69) is 20.9 Å². The highest BCUT2D eigenvalue weighted by Crippen LogP contribution is 2.24. The molecule has 0 aliphatic carbocycles. The number of esters is 2. The zero-order chi connectivity index (χ0) is 38.3. The third-order valence-electron chi connectivity index (χ3n) is 7.62. The Bertz CT molecular complexity index is 1700. The van der Waals surface area contributed by atoms with E-state index in [0.29, 0.717) is 21.2 Å². The van der Waals surface area contributed by atoms with Gasteiger partial charge in [-0.3, -0.25) is 28.8 Å². The number of benzene rings is 2. The molecule has 1 heterocycles. The van der Waals surface area contributed by atoms with E-state index in [4.69, 9.17) is 18.9 Å². The van der Waals surface area contributed by atoms with Gasteiger partial charge in [-0.1, -0.05) is 71.1 Å². The second-order valence-corrected chi connectivity index (χ2v) is 13.9. The lowest BCUT2D eigenvalue weighted by Crippen LogP contribution is -2.60. The molecule has 0 saturated carbocycles. The van der Waals surface area contributed by atoms with Crippen molar-refractivity contribution in [3.05, 3.63) is 81.8 Å². The van der Waals surface area contributed by atoms with Gasteiger partial charge in [0.05, 0.1) is 30.5 Å². The van der Waals surface area contributed by atoms with Gasteiger partial charge in [-0.05, 0) is 43.9 Å². The van der Waals surface area contributed by atoms with Gasteiger partial charge in [-0.15, -0.1) is 11.3 Å². The van der Waals surface area contributed by atoms with Crippen LogP contribution < -0.4 is 20.7 Å². The van der Waals surface area contributed by atoms with E-state index in [-0.39, 0.29) is 36.9 Å². The topological polar surface area (TPSA) is 188 Å². The van der Waals surface area contributed by atoms with Gasteiger partial charge >= 0.3 is 11.9 Å². The standard InChI is InChI=1S/C36H43IN4O10S/c1-22-38-18-30(52-22)35(47)41-28(20-49-5)34(46)40-27(19-48-4)33(45)39-26(17-24-11-7-6-8-12-24)32(44)36(3,21-37)51-31(43)16-15-25-13-9-10-14-29(25)50-23(2)42/h6-14,18,26-28H,15-17,19-21H2,1-5H3,(H,39,45)(H,40,46)(H,41,47)/t26?,27-,28-,36+/m0/s1. The summed E-state index contributed by atoms with van der Waals surface area (Å²) < 4.78 is 21.5. The average molecular weight is 851 g/mol. The lowest BCUT2D eigenvalue weighted by atomic mass is 9.91. The summed E-state index contributed by atoms with van der Waals surface area (Å²) in [6.07, 6.45) is 1.52. The zero-order valence-corrected chi connectivity index (χ0v) is 32.5. The molecule has 1 unspecified atom stereocenters. The number of nitrogens with one attached hydrogen (secondary N) is 3. The van der Waals surface area contributed by atoms with Gasteiger partial charge in [0.15, 0.2) is 11.4 Å². The Hall–Kier alpha value is -4.26. The van der Waals surface area contributed by atoms with Crippen LogP contribution >= 0.6 is 33.9 Å². The molecule has 0 radical (unpaired) electrons. The minimum absolute atomic E-state index is 0.0508. The Morgan fingerprint density at radius 1 is 0.865 bits per heavy atom. The number of hydrogen-bond acceptors (Lipinski definition) is 12. The maximum Gasteiger partial charge on any atom is 0.308 e. The van der Waals surface area contributed by atoms with Crippen molar-refractivity contribution >= 4 is 69.4 Å². The minimum Gasteiger partial charge on any atom is -0.450 e. The molecule has 14 nitrogen and oxygen atoms in total. The first kappa shape index (κ1) is 42.2. The summed E-state index contributed by atoms with van der Waals surface area (Å²) in [6.45, 7) is 4.04. The quantitative estimate of drug-likeness (QED) is 0.0657. The van der Waals surface area contributed by atoms with E-state index in [1.807, 2.05) is 28.7 Å². The molecule has 0 spiro atoms. The molecule has 0 fully saturated rings. The molecule has 0 aliphatic rings. The molecule has 0 bridgehead atoms. The zero-order valence-electron chi connectivity index (χ0n) is 29.6. The summed E-state index contributed by atoms with van der Waals surface area (Å²) >= 11 is 3.11. The van der Waals surface area contributed by atoms with Crippen LogP contribution in [0.4, 0.5) is 0 Å². The van der Waals surface area contributed by atoms with Gasteiger partial charge in [0, 0.05) is 32.0 Å². The van der Waals surface area contributed by atoms with E-state index < -0.39 is 59.2 Å². The highest BCUT2D eigenvalue weighted by Gasteiger charge is 2.42. The summed E-state index contributed by atoms with van der Waals surface area (Å²) in [5.74, 6) is -3.41. The molecule has 3 amide bonds. The first-order valence-electron chi connectivity index (χ1n) is 16.2. The number of methoxy groups -OCH3 is 2. The molecule has 16 heteroatoms. The number of Topliss-reactive ketones (excluding diaryl/α,β-unsaturated/α-hetero) is 1. The molecule has 4 atom stereocenters. The summed E-state index contributed by atoms with van der Waals surface area (Å²) in [7, 11) is 2.71. The predicted octanol–water partition coefficient (Wildman–Crippen LogP) is 2.92. The van der Waals surface area contributed by atoms with Crippen LogP contribution in [-0.4, -0.2) is 96.0 Å². The van der Waals surface area contributed by atoms with Crippen LogP contribution in [-0.2, 0) is 51.0 Å². The van der Waals surface area contributed by atoms with E-state index in [0.717, 1.165) is 16.9 Å². The molecule has 280 valence electrons. The summed E-state index contributed by atoms with van der Waals surface area (Å²) in [5.41, 5.74) is -0.315. The maximum atomic E-state index is 14.2. The molecular weight excluding hydrogens is 807 g/mol. The Balaban J connectivity index is 1.78. The van der Waals surface area contributed by atoms with Gasteiger partial charge in [-0.2, -0.15) is 0 Å². The number of halogens is 1. The van der Waals surface area contributed by atoms with Crippen molar-refractivity contribution in [3.8, 4) is 5.75 Å². The van der Waals surface area contributed by atoms with Crippen molar-refractivity contribution in [2.24, 2.45) is 0 Å². The molecule has 1 aromatic heterocycles. The molecule has 3 rings (SSSR count). The number of rotatable bonds is 20. The number of aryl methyl sites for hydroxylation is 2. The van der Waals surface area contributed by atoms with Crippen molar-refractivity contribution in [1.29, 1.82) is 0 Å². The number of alkyl halides is 1. The van der Waals surface area contributed by atoms with Gasteiger partial charge < -0.3 is 34.9 Å². The summed E-state index contributed by atoms with van der Waals surface area (Å²) in [4.78, 5) is 83.2. The van der Waals surface area contributed by atoms with Gasteiger partial charge in [0.25, 0.3) is 5.91 Å². The number of para-hydroxylation sites is 1. The molecule has 0 aliphatic heterocycles. The Labute approximate surface area is 319 Å². The smallest absolute Gasteiger partial charge is 0.308 e. The summed E-state index contributed by atoms with van der Waals surface area (Å²) in [6, 6.07) is 12.1. The fourth-order valence-electron chi connectivity index (χ4n) is 5.01. The molecule has 0 saturated heterocycles. The van der Waals surface area contributed by atoms with Crippen molar-refractivity contribution in [1.82, 2.24) is 20.9 Å². The first-order chi connectivity index (χ1) is 24.8. The highest BCUT2D eigenvalue weighted by atomic mass is 127. The van der Waals surface area contributed by atoms with Crippen LogP contribution in [0.1, 0.15) is 46.1 Å². The first-order valence-corrected chi connectivity index (χ1v) is 18.6. The molecule has 3 aromatic rings. The van der Waals surface area contributed by atoms with Gasteiger partial charge in [-0.25, -0.2) is 4.98 Å². The number of amides is 3. The second-order valence-electron chi connectivity index (χ2n) is 11.9. The number of carbonyl (C=O) groups excluding carboxylic acids is 6. The number of hydrogen-bond donors (Lipinski definition) is 3. The summed E-state index contributed by atoms with van der Waals surface area (Å²) in [5, 5.41) is 8.61. The SMILES string of the molecule is COC[C@H](NC(=O)c1cnc(C)s1)C(=O)N[C@@H](COC)C(=O)NC(Cc1ccccc1)C(=O)[C@@](C)(CI)OC(=O)CCc1ccccc1OC(C)=O. The van der Waals surface area contributed by atoms with Crippen LogP contribution in [0.3, 0.4) is 0 Å². The fourth-order valence-corrected chi connectivity index (χ4v) is 6.23. The van der Waals surface area contributed by atoms with Crippen LogP contribution in [0.25, 0.3) is 0 Å². The van der Waals surface area contributed by atoms with Crippen molar-refractivity contribution in [3.63, 3.8) is 0 Å². The van der Waals surface area contributed by atoms with Crippen LogP contribution in [0.2, 0.25) is 0 Å². The number of thiazole rings is 1. The monoisotopic (exact) mass is 850 g/mol. The highest BCUT2D eigenvalue weighted by molar-refractivity contribution is 14.1. The third kappa shape index (κ3) is 12.8. The number of aromatic nitrogens is 1. The van der Waals surface area contributed by atoms with E-state index in [1.54, 1.807) is 55.5 Å². The predicted molar refractivity (Wildman–Crippen MR) is 200 cm³/mol. The van der Waals surface area contributed by atoms with Gasteiger partial charge in [0.1, 0.15) is 22.7 Å². The number of ether oxygens (including phenoxy) is 4. The Morgan fingerprint density at radius 3 is 2.04 bits per heavy atom. The van der Waals surface area contributed by atoms with Crippen molar-refractivity contribution in [2.45, 2.75) is 63.8 Å². The molecule has 3 N–H and O–H groups in total. The van der Waals surface area contributed by atoms with E-state index >= 15 is 0 Å². The molecule has 2 aromatic carbocycles. The fraction of sp³-hybridized carbons (Fsp3) is 0.417. The minimum atomic E-state index is -1.65. The largest absolute Gasteiger partial charge is 0.450 e. The number of ketones is 1. The van der Waals surface area contributed by atoms with Crippen LogP contribution in [0.5, 0.6) is 5.75 Å². The van der Waals surface area contributed by atoms with Crippen LogP contribution in [0, 0.1) is 6.92 Å². The van der Waals surface area contributed by atoms with E-state index in [1.165, 1.54) is 34.3 Å². The van der Waals surface area contributed by atoms with Crippen molar-refractivity contribution < 1.29 is 47.7 Å². The molecular formula is C36H43IN4O10S. The van der Waals surface area contributed by atoms with Crippen LogP contribution in [0.15, 0.2) is 60.8 Å². The molecule has 52 heavy (non-hydrogen) atoms.